The molecule has 0 aliphatic heterocycles. The Morgan fingerprint density at radius 2 is 0.270 bits per heavy atom. The van der Waals surface area contributed by atoms with Gasteiger partial charge < -0.3 is 26.2 Å². The van der Waals surface area contributed by atoms with Crippen molar-refractivity contribution < 1.29 is 15.0 Å². The van der Waals surface area contributed by atoms with Crippen molar-refractivity contribution in [3.63, 3.8) is 0 Å². The zero-order valence-electron chi connectivity index (χ0n) is 61.3. The van der Waals surface area contributed by atoms with E-state index in [1.54, 1.807) is 0 Å². The lowest BCUT2D eigenvalue weighted by Gasteiger charge is -2.07. The second-order valence-electron chi connectivity index (χ2n) is 29.3. The third-order valence-electron chi connectivity index (χ3n) is 20.2. The van der Waals surface area contributed by atoms with Crippen LogP contribution in [0.1, 0.15) is 482 Å². The normalized spacial score (nSPS) is 11.7. The summed E-state index contributed by atoms with van der Waals surface area (Å²) in [5.41, 5.74) is 0. The van der Waals surface area contributed by atoms with E-state index in [9.17, 15) is 4.79 Å². The van der Waals surface area contributed by atoms with Crippen LogP contribution in [-0.4, -0.2) is 62.1 Å². The van der Waals surface area contributed by atoms with Crippen LogP contribution in [0.25, 0.3) is 0 Å². The smallest absolute Gasteiger partial charge is 0.303 e. The third kappa shape index (κ3) is 87.3. The first kappa shape index (κ1) is 88.3. The molecule has 0 fully saturated rings. The van der Waals surface area contributed by atoms with Gasteiger partial charge in [-0.25, -0.2) is 0 Å². The summed E-state index contributed by atoms with van der Waals surface area (Å²) in [6.07, 6.45) is 107. The van der Waals surface area contributed by atoms with Crippen molar-refractivity contribution >= 4 is 5.97 Å². The third-order valence-corrected chi connectivity index (χ3v) is 20.2. The Labute approximate surface area is 561 Å². The van der Waals surface area contributed by atoms with Gasteiger partial charge in [-0.15, -0.1) is 0 Å². The van der Waals surface area contributed by atoms with Crippen molar-refractivity contribution in [2.45, 2.75) is 482 Å². The number of hydrogen-bond donors (Lipinski definition) is 5. The molecule has 6 nitrogen and oxygen atoms in total. The number of rotatable bonds is 85. The number of aliphatic carboxylic acids is 1. The Morgan fingerprint density at radius 1 is 0.157 bits per heavy atom. The molecule has 0 saturated carbocycles. The molecular formula is C83H169N3O3. The predicted octanol–water partition coefficient (Wildman–Crippen LogP) is 27.1. The number of carboxylic acid groups (broad SMARTS) is 1. The van der Waals surface area contributed by atoms with E-state index >= 15 is 0 Å². The molecule has 0 atom stereocenters. The largest absolute Gasteiger partial charge is 0.481 e. The molecule has 89 heavy (non-hydrogen) atoms. The molecule has 0 aromatic heterocycles. The minimum Gasteiger partial charge on any atom is -0.481 e. The van der Waals surface area contributed by atoms with E-state index in [0.717, 1.165) is 52.0 Å². The standard InChI is InChI=1S/C83H169N3O3/c87-82-74-68-66-64-62-60-58-56-54-52-50-48-46-44-42-40-38-36-34-32-30-28-26-24-22-20-18-16-14-12-10-8-6-4-2-1-3-5-7-9-11-13-15-17-19-21-23-25-27-29-31-33-35-37-39-41-43-45-47-49-51-53-55-57-59-61-63-65-67-70-76-84-78-72-73-79-86-81-80-85-77-71-69-75-83(88)89/h84-87H,1-82H2,(H,88,89). The average molecular weight is 1260 g/mol. The van der Waals surface area contributed by atoms with E-state index in [0.29, 0.717) is 6.61 Å². The van der Waals surface area contributed by atoms with E-state index in [1.807, 2.05) is 0 Å². The molecule has 0 heterocycles. The Balaban J connectivity index is 3.09. The molecule has 0 aliphatic carbocycles. The Morgan fingerprint density at radius 3 is 0.416 bits per heavy atom. The van der Waals surface area contributed by atoms with Crippen molar-refractivity contribution in [3.05, 3.63) is 0 Å². The highest BCUT2D eigenvalue weighted by Crippen LogP contribution is 2.21. The second-order valence-corrected chi connectivity index (χ2v) is 29.3. The van der Waals surface area contributed by atoms with Crippen molar-refractivity contribution in [3.8, 4) is 0 Å². The summed E-state index contributed by atoms with van der Waals surface area (Å²) in [4.78, 5) is 10.5. The van der Waals surface area contributed by atoms with E-state index in [2.05, 4.69) is 16.0 Å². The van der Waals surface area contributed by atoms with Gasteiger partial charge in [-0.2, -0.15) is 0 Å². The zero-order chi connectivity index (χ0) is 63.7. The van der Waals surface area contributed by atoms with Gasteiger partial charge in [-0.3, -0.25) is 4.79 Å². The maximum absolute atomic E-state index is 10.5. The topological polar surface area (TPSA) is 93.6 Å². The molecule has 5 N–H and O–H groups in total. The monoisotopic (exact) mass is 1260 g/mol. The molecule has 534 valence electrons. The van der Waals surface area contributed by atoms with Gasteiger partial charge in [0.1, 0.15) is 0 Å². The summed E-state index contributed by atoms with van der Waals surface area (Å²) in [7, 11) is 0. The molecule has 0 radical (unpaired) electrons. The van der Waals surface area contributed by atoms with Crippen LogP contribution >= 0.6 is 0 Å². The van der Waals surface area contributed by atoms with E-state index < -0.39 is 5.97 Å². The van der Waals surface area contributed by atoms with Gasteiger partial charge >= 0.3 is 5.97 Å². The Hall–Kier alpha value is -0.690. The van der Waals surface area contributed by atoms with Gasteiger partial charge in [0.2, 0.25) is 0 Å². The van der Waals surface area contributed by atoms with Crippen LogP contribution in [0.4, 0.5) is 0 Å². The highest BCUT2D eigenvalue weighted by molar-refractivity contribution is 5.66. The lowest BCUT2D eigenvalue weighted by Crippen LogP contribution is -2.29. The van der Waals surface area contributed by atoms with Gasteiger partial charge in [0.05, 0.1) is 0 Å². The van der Waals surface area contributed by atoms with Crippen molar-refractivity contribution in [1.29, 1.82) is 0 Å². The minimum atomic E-state index is -0.690. The van der Waals surface area contributed by atoms with Crippen LogP contribution in [0, 0.1) is 0 Å². The summed E-state index contributed by atoms with van der Waals surface area (Å²) in [5, 5.41) is 28.0. The Bertz CT molecular complexity index is 1220. The SMILES string of the molecule is O=C(O)CCCCNCCNCCCCNCCCCCCCCCCCCCCCCCCCCCCCCCCCCCCCCCCCCCCCCCCCCCCCCCCCCCCCCCCCCCCCCCCCCCCCCO. The average Bonchev–Trinajstić information content (AvgIpc) is 3.53. The van der Waals surface area contributed by atoms with Crippen LogP contribution in [0.3, 0.4) is 0 Å². The molecule has 0 unspecified atom stereocenters. The zero-order valence-corrected chi connectivity index (χ0v) is 61.3. The van der Waals surface area contributed by atoms with Gasteiger partial charge in [0.15, 0.2) is 0 Å². The minimum absolute atomic E-state index is 0.285. The number of carbonyl (C=O) groups is 1. The van der Waals surface area contributed by atoms with Crippen LogP contribution in [0.15, 0.2) is 0 Å². The lowest BCUT2D eigenvalue weighted by atomic mass is 10.0. The van der Waals surface area contributed by atoms with Crippen molar-refractivity contribution in [2.75, 3.05) is 45.9 Å². The molecule has 0 saturated heterocycles. The van der Waals surface area contributed by atoms with Crippen LogP contribution in [-0.2, 0) is 4.79 Å². The Kier molecular flexibility index (Phi) is 84.7. The quantitative estimate of drug-likeness (QED) is 0.0390. The number of aliphatic hydroxyl groups excluding tert-OH is 1. The fourth-order valence-corrected chi connectivity index (χ4v) is 14.0. The highest BCUT2D eigenvalue weighted by atomic mass is 16.4. The fourth-order valence-electron chi connectivity index (χ4n) is 14.0. The molecular weight excluding hydrogens is 1090 g/mol. The molecule has 0 aliphatic rings. The summed E-state index contributed by atoms with van der Waals surface area (Å²) < 4.78 is 0. The van der Waals surface area contributed by atoms with Crippen molar-refractivity contribution in [1.82, 2.24) is 16.0 Å². The summed E-state index contributed by atoms with van der Waals surface area (Å²) in [6, 6.07) is 0. The first-order valence-corrected chi connectivity index (χ1v) is 42.2. The van der Waals surface area contributed by atoms with Crippen LogP contribution < -0.4 is 16.0 Å². The van der Waals surface area contributed by atoms with Gasteiger partial charge in [0.25, 0.3) is 0 Å². The summed E-state index contributed by atoms with van der Waals surface area (Å²) in [5.74, 6) is -0.690. The molecule has 0 amide bonds. The summed E-state index contributed by atoms with van der Waals surface area (Å²) in [6.45, 7) is 6.65. The maximum atomic E-state index is 10.5. The first-order chi connectivity index (χ1) is 44.3. The van der Waals surface area contributed by atoms with E-state index in [-0.39, 0.29) is 6.42 Å². The molecule has 0 rings (SSSR count). The molecule has 0 bridgehead atoms. The fraction of sp³-hybridized carbons (Fsp3) is 0.988. The van der Waals surface area contributed by atoms with Crippen LogP contribution in [0.5, 0.6) is 0 Å². The number of unbranched alkanes of at least 4 members (excludes halogenated alkanes) is 71. The summed E-state index contributed by atoms with van der Waals surface area (Å²) >= 11 is 0. The number of aliphatic hydroxyl groups is 1. The first-order valence-electron chi connectivity index (χ1n) is 42.2. The van der Waals surface area contributed by atoms with Gasteiger partial charge in [-0.05, 0) is 64.7 Å². The van der Waals surface area contributed by atoms with Gasteiger partial charge in [0, 0.05) is 26.1 Å². The lowest BCUT2D eigenvalue weighted by molar-refractivity contribution is -0.137. The van der Waals surface area contributed by atoms with Gasteiger partial charge in [-0.1, -0.05) is 437 Å². The molecule has 0 aromatic rings. The highest BCUT2D eigenvalue weighted by Gasteiger charge is 2.03. The number of carboxylic acids is 1. The molecule has 6 heteroatoms. The van der Waals surface area contributed by atoms with E-state index in [4.69, 9.17) is 10.2 Å². The number of hydrogen-bond acceptors (Lipinski definition) is 5. The molecule has 0 spiro atoms. The predicted molar refractivity (Wildman–Crippen MR) is 400 cm³/mol. The van der Waals surface area contributed by atoms with E-state index in [1.165, 1.54) is 462 Å². The molecule has 0 aromatic carbocycles. The van der Waals surface area contributed by atoms with Crippen LogP contribution in [0.2, 0.25) is 0 Å². The van der Waals surface area contributed by atoms with Crippen molar-refractivity contribution in [2.24, 2.45) is 0 Å². The maximum Gasteiger partial charge on any atom is 0.303 e. The second kappa shape index (κ2) is 85.3. The number of nitrogens with one attached hydrogen (secondary N) is 3.